The average Bonchev–Trinajstić information content (AvgIpc) is 2.99. The van der Waals surface area contributed by atoms with Gasteiger partial charge in [-0.3, -0.25) is 4.79 Å². The predicted molar refractivity (Wildman–Crippen MR) is 91.5 cm³/mol. The zero-order chi connectivity index (χ0) is 17.2. The molecule has 0 aromatic heterocycles. The van der Waals surface area contributed by atoms with E-state index in [1.165, 1.54) is 17.5 Å². The molecule has 3 rings (SSSR count). The number of amides is 1. The van der Waals surface area contributed by atoms with Crippen LogP contribution in [0.5, 0.6) is 5.75 Å². The zero-order valence-corrected chi connectivity index (χ0v) is 14.8. The number of carbonyl (C=O) groups excluding carboxylic acids is 1. The highest BCUT2D eigenvalue weighted by Gasteiger charge is 2.24. The lowest BCUT2D eigenvalue weighted by Gasteiger charge is -2.31. The number of ether oxygens (including phenoxy) is 1. The smallest absolute Gasteiger partial charge is 0.260 e. The van der Waals surface area contributed by atoms with Crippen LogP contribution < -0.4 is 9.46 Å². The van der Waals surface area contributed by atoms with Crippen molar-refractivity contribution >= 4 is 15.9 Å². The van der Waals surface area contributed by atoms with E-state index in [2.05, 4.69) is 10.8 Å². The third-order valence-corrected chi connectivity index (χ3v) is 5.42. The van der Waals surface area contributed by atoms with Crippen molar-refractivity contribution in [1.82, 2.24) is 9.62 Å². The first kappa shape index (κ1) is 17.2. The molecule has 0 saturated carbocycles. The average molecular weight is 352 g/mol. The fraction of sp³-hybridized carbons (Fsp3) is 0.588. The van der Waals surface area contributed by atoms with Gasteiger partial charge in [0.25, 0.3) is 5.91 Å². The molecule has 0 radical (unpaired) electrons. The van der Waals surface area contributed by atoms with Gasteiger partial charge in [-0.15, -0.1) is 0 Å². The summed E-state index contributed by atoms with van der Waals surface area (Å²) < 4.78 is 30.7. The summed E-state index contributed by atoms with van der Waals surface area (Å²) in [6, 6.07) is 5.98. The summed E-state index contributed by atoms with van der Waals surface area (Å²) in [6.07, 6.45) is 5.84. The second-order valence-electron chi connectivity index (χ2n) is 6.62. The number of carbonyl (C=O) groups is 1. The van der Waals surface area contributed by atoms with Crippen LogP contribution in [-0.2, 0) is 27.7 Å². The van der Waals surface area contributed by atoms with Crippen molar-refractivity contribution in [3.05, 3.63) is 29.3 Å². The van der Waals surface area contributed by atoms with Crippen LogP contribution in [-0.4, -0.2) is 51.2 Å². The highest BCUT2D eigenvalue weighted by Crippen LogP contribution is 2.26. The first-order valence-electron chi connectivity index (χ1n) is 8.40. The molecule has 1 fully saturated rings. The second kappa shape index (κ2) is 7.11. The standard InChI is InChI=1S/C17H24N2O4S/c1-24(21,22)18-15-7-9-19(10-8-15)17(20)12-23-16-6-5-13-3-2-4-14(13)11-16/h5-6,11,15,18H,2-4,7-10,12H2,1H3. The molecule has 0 atom stereocenters. The maximum absolute atomic E-state index is 12.3. The van der Waals surface area contributed by atoms with Gasteiger partial charge in [-0.2, -0.15) is 0 Å². The summed E-state index contributed by atoms with van der Waals surface area (Å²) in [4.78, 5) is 14.0. The number of benzene rings is 1. The number of fused-ring (bicyclic) bond motifs is 1. The lowest BCUT2D eigenvalue weighted by atomic mass is 10.1. The molecule has 24 heavy (non-hydrogen) atoms. The van der Waals surface area contributed by atoms with E-state index in [0.29, 0.717) is 25.9 Å². The maximum Gasteiger partial charge on any atom is 0.260 e. The molecule has 132 valence electrons. The molecule has 1 aromatic carbocycles. The second-order valence-corrected chi connectivity index (χ2v) is 8.40. The summed E-state index contributed by atoms with van der Waals surface area (Å²) in [6.45, 7) is 1.14. The third-order valence-electron chi connectivity index (χ3n) is 4.66. The minimum absolute atomic E-state index is 0.0307. The third kappa shape index (κ3) is 4.48. The summed E-state index contributed by atoms with van der Waals surface area (Å²) >= 11 is 0. The number of hydrogen-bond donors (Lipinski definition) is 1. The first-order valence-corrected chi connectivity index (χ1v) is 10.3. The Bertz CT molecular complexity index is 709. The van der Waals surface area contributed by atoms with Crippen LogP contribution in [0.15, 0.2) is 18.2 Å². The molecular formula is C17H24N2O4S. The van der Waals surface area contributed by atoms with Crippen molar-refractivity contribution in [2.45, 2.75) is 38.1 Å². The summed E-state index contributed by atoms with van der Waals surface area (Å²) in [5.74, 6) is 0.700. The molecule has 2 aliphatic rings. The minimum atomic E-state index is -3.19. The lowest BCUT2D eigenvalue weighted by Crippen LogP contribution is -2.47. The monoisotopic (exact) mass is 352 g/mol. The SMILES string of the molecule is CS(=O)(=O)NC1CCN(C(=O)COc2ccc3c(c2)CCC3)CC1. The molecule has 1 aliphatic heterocycles. The molecule has 1 aromatic rings. The molecule has 1 N–H and O–H groups in total. The van der Waals surface area contributed by atoms with E-state index in [1.807, 2.05) is 12.1 Å². The van der Waals surface area contributed by atoms with Crippen LogP contribution in [0, 0.1) is 0 Å². The molecule has 1 saturated heterocycles. The van der Waals surface area contributed by atoms with Gasteiger partial charge in [0, 0.05) is 19.1 Å². The van der Waals surface area contributed by atoms with Gasteiger partial charge in [0.15, 0.2) is 6.61 Å². The van der Waals surface area contributed by atoms with Gasteiger partial charge < -0.3 is 9.64 Å². The number of sulfonamides is 1. The topological polar surface area (TPSA) is 75.7 Å². The largest absolute Gasteiger partial charge is 0.484 e. The molecule has 1 amide bonds. The van der Waals surface area contributed by atoms with Crippen LogP contribution in [0.25, 0.3) is 0 Å². The molecule has 1 heterocycles. The highest BCUT2D eigenvalue weighted by atomic mass is 32.2. The Morgan fingerprint density at radius 2 is 1.96 bits per heavy atom. The van der Waals surface area contributed by atoms with E-state index in [4.69, 9.17) is 4.74 Å². The quantitative estimate of drug-likeness (QED) is 0.861. The van der Waals surface area contributed by atoms with Crippen LogP contribution in [0.3, 0.4) is 0 Å². The molecule has 0 spiro atoms. The van der Waals surface area contributed by atoms with Gasteiger partial charge in [0.1, 0.15) is 5.75 Å². The Hall–Kier alpha value is -1.60. The zero-order valence-electron chi connectivity index (χ0n) is 14.0. The van der Waals surface area contributed by atoms with E-state index in [0.717, 1.165) is 24.8 Å². The number of rotatable bonds is 5. The van der Waals surface area contributed by atoms with E-state index in [-0.39, 0.29) is 18.6 Å². The number of nitrogens with zero attached hydrogens (tertiary/aromatic N) is 1. The predicted octanol–water partition coefficient (Wildman–Crippen LogP) is 1.09. The van der Waals surface area contributed by atoms with Gasteiger partial charge >= 0.3 is 0 Å². The van der Waals surface area contributed by atoms with Crippen molar-refractivity contribution in [1.29, 1.82) is 0 Å². The van der Waals surface area contributed by atoms with Gasteiger partial charge in [-0.25, -0.2) is 13.1 Å². The van der Waals surface area contributed by atoms with Crippen molar-refractivity contribution < 1.29 is 17.9 Å². The van der Waals surface area contributed by atoms with Gasteiger partial charge in [0.05, 0.1) is 6.26 Å². The van der Waals surface area contributed by atoms with Gasteiger partial charge in [0.2, 0.25) is 10.0 Å². The highest BCUT2D eigenvalue weighted by molar-refractivity contribution is 7.88. The van der Waals surface area contributed by atoms with Crippen LogP contribution in [0.4, 0.5) is 0 Å². The lowest BCUT2D eigenvalue weighted by molar-refractivity contribution is -0.134. The Morgan fingerprint density at radius 1 is 1.25 bits per heavy atom. The fourth-order valence-corrected chi connectivity index (χ4v) is 4.27. The summed E-state index contributed by atoms with van der Waals surface area (Å²) in [5.41, 5.74) is 2.71. The molecular weight excluding hydrogens is 328 g/mol. The van der Waals surface area contributed by atoms with E-state index >= 15 is 0 Å². The van der Waals surface area contributed by atoms with Gasteiger partial charge in [-0.05, 0) is 55.4 Å². The van der Waals surface area contributed by atoms with Crippen LogP contribution in [0.2, 0.25) is 0 Å². The van der Waals surface area contributed by atoms with Crippen molar-refractivity contribution in [3.63, 3.8) is 0 Å². The number of hydrogen-bond acceptors (Lipinski definition) is 4. The summed E-state index contributed by atoms with van der Waals surface area (Å²) in [5, 5.41) is 0. The number of nitrogens with one attached hydrogen (secondary N) is 1. The first-order chi connectivity index (χ1) is 11.4. The normalized spacial score (nSPS) is 18.5. The molecule has 7 heteroatoms. The minimum Gasteiger partial charge on any atom is -0.484 e. The Morgan fingerprint density at radius 3 is 2.67 bits per heavy atom. The van der Waals surface area contributed by atoms with E-state index in [9.17, 15) is 13.2 Å². The Labute approximate surface area is 143 Å². The maximum atomic E-state index is 12.3. The van der Waals surface area contributed by atoms with Crippen molar-refractivity contribution in [3.8, 4) is 5.75 Å². The van der Waals surface area contributed by atoms with Gasteiger partial charge in [-0.1, -0.05) is 6.07 Å². The molecule has 0 bridgehead atoms. The summed E-state index contributed by atoms with van der Waals surface area (Å²) in [7, 11) is -3.19. The molecule has 6 nitrogen and oxygen atoms in total. The fourth-order valence-electron chi connectivity index (χ4n) is 3.42. The van der Waals surface area contributed by atoms with Crippen LogP contribution >= 0.6 is 0 Å². The molecule has 1 aliphatic carbocycles. The Kier molecular flexibility index (Phi) is 5.10. The van der Waals surface area contributed by atoms with Crippen molar-refractivity contribution in [2.24, 2.45) is 0 Å². The van der Waals surface area contributed by atoms with Crippen LogP contribution in [0.1, 0.15) is 30.4 Å². The van der Waals surface area contributed by atoms with Crippen molar-refractivity contribution in [2.75, 3.05) is 26.0 Å². The Balaban J connectivity index is 1.46. The number of piperidine rings is 1. The number of likely N-dealkylation sites (tertiary alicyclic amines) is 1. The van der Waals surface area contributed by atoms with E-state index < -0.39 is 10.0 Å². The van der Waals surface area contributed by atoms with E-state index in [1.54, 1.807) is 4.90 Å². The number of aryl methyl sites for hydroxylation is 2. The molecule has 0 unspecified atom stereocenters.